The van der Waals surface area contributed by atoms with Crippen molar-refractivity contribution in [2.75, 3.05) is 0 Å². The molecule has 2 atom stereocenters. The first kappa shape index (κ1) is 21.9. The van der Waals surface area contributed by atoms with Gasteiger partial charge < -0.3 is 5.11 Å². The third-order valence-corrected chi connectivity index (χ3v) is 4.74. The minimum atomic E-state index is -1.21. The van der Waals surface area contributed by atoms with Crippen molar-refractivity contribution in [1.29, 1.82) is 10.5 Å². The molecule has 0 bridgehead atoms. The quantitative estimate of drug-likeness (QED) is 0.444. The molecule has 0 fully saturated rings. The maximum absolute atomic E-state index is 13.4. The van der Waals surface area contributed by atoms with Gasteiger partial charge in [0, 0.05) is 0 Å². The summed E-state index contributed by atoms with van der Waals surface area (Å²) >= 11 is 0. The Kier molecular flexibility index (Phi) is 7.09. The number of hydrogen-bond acceptors (Lipinski definition) is 6. The van der Waals surface area contributed by atoms with E-state index < -0.39 is 23.5 Å². The smallest absolute Gasteiger partial charge is 0.275 e. The molecule has 0 saturated heterocycles. The number of para-hydroxylation sites is 1. The molecule has 3 aromatic carbocycles. The fourth-order valence-electron chi connectivity index (χ4n) is 3.12. The monoisotopic (exact) mass is 422 g/mol. The number of phenols is 1. The van der Waals surface area contributed by atoms with E-state index in [1.54, 1.807) is 72.8 Å². The summed E-state index contributed by atoms with van der Waals surface area (Å²) in [5, 5.41) is 33.4. The van der Waals surface area contributed by atoms with Crippen LogP contribution in [0, 0.1) is 22.7 Å². The highest BCUT2D eigenvalue weighted by molar-refractivity contribution is 6.45. The van der Waals surface area contributed by atoms with Crippen LogP contribution in [0.3, 0.4) is 0 Å². The lowest BCUT2D eigenvalue weighted by Crippen LogP contribution is -2.30. The van der Waals surface area contributed by atoms with Gasteiger partial charge in [-0.3, -0.25) is 9.59 Å². The van der Waals surface area contributed by atoms with E-state index in [4.69, 9.17) is 0 Å². The van der Waals surface area contributed by atoms with Crippen LogP contribution in [0.4, 0.5) is 0 Å². The molecule has 0 aliphatic heterocycles. The normalized spacial score (nSPS) is 12.6. The van der Waals surface area contributed by atoms with Crippen LogP contribution in [0.1, 0.15) is 33.3 Å². The van der Waals surface area contributed by atoms with Gasteiger partial charge in [-0.1, -0.05) is 72.8 Å². The predicted molar refractivity (Wildman–Crippen MR) is 118 cm³/mol. The molecule has 0 spiro atoms. The second-order valence-corrected chi connectivity index (χ2v) is 6.76. The molecule has 0 unspecified atom stereocenters. The second-order valence-electron chi connectivity index (χ2n) is 6.76. The lowest BCUT2D eigenvalue weighted by molar-refractivity contribution is -0.113. The number of nitrogens with zero attached hydrogens (tertiary/aromatic N) is 3. The van der Waals surface area contributed by atoms with Gasteiger partial charge in [-0.15, -0.1) is 0 Å². The van der Waals surface area contributed by atoms with Crippen molar-refractivity contribution >= 4 is 17.4 Å². The zero-order chi connectivity index (χ0) is 22.9. The van der Waals surface area contributed by atoms with Crippen LogP contribution in [0.2, 0.25) is 0 Å². The Balaban J connectivity index is 2.03. The molecule has 0 aliphatic carbocycles. The van der Waals surface area contributed by atoms with Crippen molar-refractivity contribution in [2.24, 2.45) is 5.10 Å². The fourth-order valence-corrected chi connectivity index (χ4v) is 3.12. The molecule has 0 radical (unpaired) electrons. The third-order valence-electron chi connectivity index (χ3n) is 4.74. The summed E-state index contributed by atoms with van der Waals surface area (Å²) in [5.74, 6) is -4.05. The van der Waals surface area contributed by atoms with Crippen LogP contribution in [0.5, 0.6) is 5.75 Å². The Morgan fingerprint density at radius 2 is 1.28 bits per heavy atom. The summed E-state index contributed by atoms with van der Waals surface area (Å²) in [4.78, 5) is 25.9. The SMILES string of the molecule is N#C[C@H](C(=O)/C(=N\NC(=O)c1ccccc1O)[C@H](C#N)c1ccccc1)c1ccccc1. The number of carbonyl (C=O) groups is 2. The summed E-state index contributed by atoms with van der Waals surface area (Å²) in [6.07, 6.45) is 0. The summed E-state index contributed by atoms with van der Waals surface area (Å²) in [5.41, 5.74) is 2.86. The lowest BCUT2D eigenvalue weighted by atomic mass is 9.86. The average Bonchev–Trinajstić information content (AvgIpc) is 2.83. The number of nitriles is 2. The molecule has 0 heterocycles. The Morgan fingerprint density at radius 3 is 1.81 bits per heavy atom. The lowest BCUT2D eigenvalue weighted by Gasteiger charge is -2.15. The van der Waals surface area contributed by atoms with Crippen LogP contribution in [0.15, 0.2) is 90.0 Å². The van der Waals surface area contributed by atoms with E-state index in [2.05, 4.69) is 10.5 Å². The zero-order valence-corrected chi connectivity index (χ0v) is 16.8. The van der Waals surface area contributed by atoms with Crippen molar-refractivity contribution in [1.82, 2.24) is 5.43 Å². The van der Waals surface area contributed by atoms with Crippen LogP contribution in [-0.4, -0.2) is 22.5 Å². The molecule has 7 nitrogen and oxygen atoms in total. The minimum absolute atomic E-state index is 0.0452. The van der Waals surface area contributed by atoms with Crippen molar-refractivity contribution in [3.05, 3.63) is 102 Å². The van der Waals surface area contributed by atoms with Crippen LogP contribution >= 0.6 is 0 Å². The Bertz CT molecular complexity index is 1230. The second kappa shape index (κ2) is 10.3. The summed E-state index contributed by atoms with van der Waals surface area (Å²) in [6, 6.07) is 26.8. The molecule has 3 aromatic rings. The van der Waals surface area contributed by atoms with Gasteiger partial charge >= 0.3 is 0 Å². The highest BCUT2D eigenvalue weighted by Gasteiger charge is 2.32. The average molecular weight is 422 g/mol. The molecule has 2 N–H and O–H groups in total. The zero-order valence-electron chi connectivity index (χ0n) is 16.8. The first-order chi connectivity index (χ1) is 15.6. The van der Waals surface area contributed by atoms with E-state index in [1.807, 2.05) is 12.1 Å². The van der Waals surface area contributed by atoms with Crippen molar-refractivity contribution in [2.45, 2.75) is 11.8 Å². The maximum atomic E-state index is 13.4. The highest BCUT2D eigenvalue weighted by atomic mass is 16.3. The summed E-state index contributed by atoms with van der Waals surface area (Å²) < 4.78 is 0. The molecule has 3 rings (SSSR count). The van der Waals surface area contributed by atoms with E-state index in [0.717, 1.165) is 0 Å². The van der Waals surface area contributed by atoms with Gasteiger partial charge in [0.2, 0.25) is 5.78 Å². The number of hydrazone groups is 1. The first-order valence-corrected chi connectivity index (χ1v) is 9.66. The van der Waals surface area contributed by atoms with E-state index in [-0.39, 0.29) is 17.0 Å². The van der Waals surface area contributed by atoms with E-state index in [9.17, 15) is 25.2 Å². The van der Waals surface area contributed by atoms with Gasteiger partial charge in [0.1, 0.15) is 23.3 Å². The molecule has 7 heteroatoms. The molecule has 156 valence electrons. The first-order valence-electron chi connectivity index (χ1n) is 9.66. The number of Topliss-reactive ketones (excluding diaryl/α,β-unsaturated/α-hetero) is 1. The minimum Gasteiger partial charge on any atom is -0.507 e. The number of hydrogen-bond donors (Lipinski definition) is 2. The molecule has 0 aromatic heterocycles. The van der Waals surface area contributed by atoms with Crippen LogP contribution < -0.4 is 5.43 Å². The van der Waals surface area contributed by atoms with E-state index >= 15 is 0 Å². The summed E-state index contributed by atoms with van der Waals surface area (Å²) in [6.45, 7) is 0. The molecule has 0 saturated carbocycles. The molecular formula is C25H18N4O3. The molecule has 0 aliphatic rings. The van der Waals surface area contributed by atoms with Gasteiger partial charge in [-0.25, -0.2) is 5.43 Å². The van der Waals surface area contributed by atoms with Gasteiger partial charge in [-0.05, 0) is 23.3 Å². The number of nitrogens with one attached hydrogen (secondary N) is 1. The van der Waals surface area contributed by atoms with E-state index in [0.29, 0.717) is 11.1 Å². The number of aromatic hydroxyl groups is 1. The van der Waals surface area contributed by atoms with Crippen molar-refractivity contribution in [3.8, 4) is 17.9 Å². The van der Waals surface area contributed by atoms with E-state index in [1.165, 1.54) is 12.1 Å². The highest BCUT2D eigenvalue weighted by Crippen LogP contribution is 2.24. The molecular weight excluding hydrogens is 404 g/mol. The Hall–Kier alpha value is -4.75. The number of benzene rings is 3. The predicted octanol–water partition coefficient (Wildman–Crippen LogP) is 3.66. The third kappa shape index (κ3) is 4.86. The Morgan fingerprint density at radius 1 is 0.781 bits per heavy atom. The van der Waals surface area contributed by atoms with Crippen molar-refractivity contribution in [3.63, 3.8) is 0 Å². The standard InChI is InChI=1S/C25H18N4O3/c26-15-20(17-9-3-1-4-10-17)23(24(31)21(16-27)18-11-5-2-6-12-18)28-29-25(32)19-13-7-8-14-22(19)30/h1-14,20-21,30H,(H,29,32)/b28-23-/t20-,21+/m1/s1. The number of carbonyl (C=O) groups excluding carboxylic acids is 2. The summed E-state index contributed by atoms with van der Waals surface area (Å²) in [7, 11) is 0. The largest absolute Gasteiger partial charge is 0.507 e. The van der Waals surface area contributed by atoms with Gasteiger partial charge in [0.05, 0.1) is 17.7 Å². The number of phenolic OH excluding ortho intramolecular Hbond substituents is 1. The number of rotatable bonds is 7. The maximum Gasteiger partial charge on any atom is 0.275 e. The van der Waals surface area contributed by atoms with Gasteiger partial charge in [0.15, 0.2) is 0 Å². The van der Waals surface area contributed by atoms with Crippen molar-refractivity contribution < 1.29 is 14.7 Å². The Labute approximate surface area is 184 Å². The number of amides is 1. The van der Waals surface area contributed by atoms with Crippen LogP contribution in [0.25, 0.3) is 0 Å². The molecule has 32 heavy (non-hydrogen) atoms. The molecule has 1 amide bonds. The fraction of sp³-hybridized carbons (Fsp3) is 0.0800. The van der Waals surface area contributed by atoms with Gasteiger partial charge in [0.25, 0.3) is 5.91 Å². The topological polar surface area (TPSA) is 126 Å². The van der Waals surface area contributed by atoms with Gasteiger partial charge in [-0.2, -0.15) is 15.6 Å². The van der Waals surface area contributed by atoms with Crippen LogP contribution in [-0.2, 0) is 4.79 Å². The number of ketones is 1.